The summed E-state index contributed by atoms with van der Waals surface area (Å²) in [7, 11) is 0. The Morgan fingerprint density at radius 1 is 1.50 bits per heavy atom. The van der Waals surface area contributed by atoms with Gasteiger partial charge in [-0.15, -0.1) is 0 Å². The van der Waals surface area contributed by atoms with Crippen LogP contribution in [0.15, 0.2) is 16.9 Å². The summed E-state index contributed by atoms with van der Waals surface area (Å²) in [5.74, 6) is 0. The number of hydrogen-bond donors (Lipinski definition) is 2. The molecule has 1 saturated carbocycles. The van der Waals surface area contributed by atoms with Crippen molar-refractivity contribution in [3.8, 4) is 0 Å². The third-order valence-corrected chi connectivity index (χ3v) is 2.79. The predicted octanol–water partition coefficient (Wildman–Crippen LogP) is 1.07. The average molecular weight is 196 g/mol. The Morgan fingerprint density at radius 2 is 2.29 bits per heavy atom. The Morgan fingerprint density at radius 3 is 2.93 bits per heavy atom. The predicted molar refractivity (Wildman–Crippen MR) is 51.6 cm³/mol. The molecule has 0 spiro atoms. The van der Waals surface area contributed by atoms with Crippen LogP contribution in [0.4, 0.5) is 0 Å². The van der Waals surface area contributed by atoms with Crippen LogP contribution >= 0.6 is 0 Å². The summed E-state index contributed by atoms with van der Waals surface area (Å²) in [6.07, 6.45) is 5.67. The largest absolute Gasteiger partial charge is 0.389 e. The van der Waals surface area contributed by atoms with E-state index in [1.54, 1.807) is 6.26 Å². The molecule has 78 valence electrons. The van der Waals surface area contributed by atoms with E-state index in [4.69, 9.17) is 4.52 Å². The fourth-order valence-electron chi connectivity index (χ4n) is 1.96. The van der Waals surface area contributed by atoms with Gasteiger partial charge in [0.2, 0.25) is 0 Å². The zero-order chi connectivity index (χ0) is 9.86. The molecular formula is C10H16N2O2. The maximum Gasteiger partial charge on any atom is 0.124 e. The van der Waals surface area contributed by atoms with Crippen molar-refractivity contribution in [2.75, 3.05) is 6.54 Å². The fraction of sp³-hybridized carbons (Fsp3) is 0.700. The van der Waals surface area contributed by atoms with Gasteiger partial charge in [-0.2, -0.15) is 0 Å². The number of aromatic nitrogens is 1. The molecule has 0 radical (unpaired) electrons. The van der Waals surface area contributed by atoms with Crippen LogP contribution in [-0.4, -0.2) is 22.4 Å². The van der Waals surface area contributed by atoms with Crippen LogP contribution in [-0.2, 0) is 6.54 Å². The molecule has 4 heteroatoms. The smallest absolute Gasteiger partial charge is 0.124 e. The highest BCUT2D eigenvalue weighted by atomic mass is 16.5. The Labute approximate surface area is 83.3 Å². The summed E-state index contributed by atoms with van der Waals surface area (Å²) in [5.41, 5.74) is 0.399. The molecule has 4 nitrogen and oxygen atoms in total. The first-order chi connectivity index (χ1) is 6.79. The molecule has 1 aliphatic rings. The van der Waals surface area contributed by atoms with Crippen LogP contribution in [0.2, 0.25) is 0 Å². The molecule has 2 rings (SSSR count). The van der Waals surface area contributed by atoms with E-state index < -0.39 is 5.60 Å². The van der Waals surface area contributed by atoms with E-state index in [9.17, 15) is 5.11 Å². The summed E-state index contributed by atoms with van der Waals surface area (Å²) < 4.78 is 4.71. The van der Waals surface area contributed by atoms with Crippen LogP contribution in [0.5, 0.6) is 0 Å². The molecule has 1 aromatic heterocycles. The molecule has 14 heavy (non-hydrogen) atoms. The van der Waals surface area contributed by atoms with Crippen molar-refractivity contribution in [3.63, 3.8) is 0 Å². The normalized spacial score (nSPS) is 20.1. The average Bonchev–Trinajstić information content (AvgIpc) is 2.77. The fourth-order valence-corrected chi connectivity index (χ4v) is 1.96. The van der Waals surface area contributed by atoms with Gasteiger partial charge in [0.15, 0.2) is 0 Å². The number of aliphatic hydroxyl groups is 1. The van der Waals surface area contributed by atoms with Gasteiger partial charge in [-0.05, 0) is 12.8 Å². The maximum atomic E-state index is 10.0. The van der Waals surface area contributed by atoms with E-state index in [2.05, 4.69) is 10.5 Å². The first kappa shape index (κ1) is 9.68. The summed E-state index contributed by atoms with van der Waals surface area (Å²) >= 11 is 0. The molecule has 0 amide bonds. The molecule has 1 heterocycles. The summed E-state index contributed by atoms with van der Waals surface area (Å²) in [6, 6.07) is 1.83. The zero-order valence-electron chi connectivity index (χ0n) is 8.20. The Balaban J connectivity index is 1.72. The Kier molecular flexibility index (Phi) is 2.84. The standard InChI is InChI=1S/C10H16N2O2/c13-10(4-1-2-5-10)8-11-7-9-3-6-14-12-9/h3,6,11,13H,1-2,4-5,7-8H2. The third kappa shape index (κ3) is 2.33. The van der Waals surface area contributed by atoms with Gasteiger partial charge < -0.3 is 14.9 Å². The minimum Gasteiger partial charge on any atom is -0.389 e. The van der Waals surface area contributed by atoms with Gasteiger partial charge in [0.1, 0.15) is 6.26 Å². The molecule has 0 atom stereocenters. The maximum absolute atomic E-state index is 10.0. The topological polar surface area (TPSA) is 58.3 Å². The SMILES string of the molecule is OC1(CNCc2ccon2)CCCC1. The van der Waals surface area contributed by atoms with E-state index >= 15 is 0 Å². The molecule has 1 aromatic rings. The van der Waals surface area contributed by atoms with Crippen LogP contribution in [0, 0.1) is 0 Å². The molecule has 1 aliphatic carbocycles. The van der Waals surface area contributed by atoms with Crippen LogP contribution < -0.4 is 5.32 Å². The number of hydrogen-bond acceptors (Lipinski definition) is 4. The summed E-state index contributed by atoms with van der Waals surface area (Å²) in [4.78, 5) is 0. The molecule has 0 saturated heterocycles. The Bertz CT molecular complexity index is 266. The minimum absolute atomic E-state index is 0.482. The van der Waals surface area contributed by atoms with Crippen molar-refractivity contribution in [1.29, 1.82) is 0 Å². The molecule has 0 bridgehead atoms. The van der Waals surface area contributed by atoms with Crippen molar-refractivity contribution in [1.82, 2.24) is 10.5 Å². The van der Waals surface area contributed by atoms with Gasteiger partial charge in [0.25, 0.3) is 0 Å². The van der Waals surface area contributed by atoms with Gasteiger partial charge in [-0.1, -0.05) is 18.0 Å². The second kappa shape index (κ2) is 4.11. The van der Waals surface area contributed by atoms with Gasteiger partial charge in [-0.25, -0.2) is 0 Å². The zero-order valence-corrected chi connectivity index (χ0v) is 8.20. The van der Waals surface area contributed by atoms with Gasteiger partial charge in [-0.3, -0.25) is 0 Å². The lowest BCUT2D eigenvalue weighted by molar-refractivity contribution is 0.0473. The van der Waals surface area contributed by atoms with Crippen LogP contribution in [0.3, 0.4) is 0 Å². The third-order valence-electron chi connectivity index (χ3n) is 2.79. The quantitative estimate of drug-likeness (QED) is 0.756. The van der Waals surface area contributed by atoms with Gasteiger partial charge >= 0.3 is 0 Å². The highest BCUT2D eigenvalue weighted by Crippen LogP contribution is 2.28. The summed E-state index contributed by atoms with van der Waals surface area (Å²) in [6.45, 7) is 1.32. The van der Waals surface area contributed by atoms with Crippen molar-refractivity contribution in [2.24, 2.45) is 0 Å². The van der Waals surface area contributed by atoms with E-state index in [1.807, 2.05) is 6.07 Å². The monoisotopic (exact) mass is 196 g/mol. The van der Waals surface area contributed by atoms with Crippen molar-refractivity contribution in [2.45, 2.75) is 37.8 Å². The van der Waals surface area contributed by atoms with Gasteiger partial charge in [0, 0.05) is 19.2 Å². The summed E-state index contributed by atoms with van der Waals surface area (Å²) in [5, 5.41) is 17.0. The van der Waals surface area contributed by atoms with E-state index in [1.165, 1.54) is 0 Å². The highest BCUT2D eigenvalue weighted by molar-refractivity contribution is 4.95. The highest BCUT2D eigenvalue weighted by Gasteiger charge is 2.30. The number of nitrogens with zero attached hydrogens (tertiary/aromatic N) is 1. The molecule has 0 unspecified atom stereocenters. The van der Waals surface area contributed by atoms with E-state index in [0.29, 0.717) is 13.1 Å². The van der Waals surface area contributed by atoms with Crippen molar-refractivity contribution >= 4 is 0 Å². The molecule has 1 fully saturated rings. The first-order valence-electron chi connectivity index (χ1n) is 5.11. The molecule has 0 aliphatic heterocycles. The van der Waals surface area contributed by atoms with Crippen molar-refractivity contribution in [3.05, 3.63) is 18.0 Å². The van der Waals surface area contributed by atoms with Crippen LogP contribution in [0.25, 0.3) is 0 Å². The molecule has 2 N–H and O–H groups in total. The van der Waals surface area contributed by atoms with E-state index in [-0.39, 0.29) is 0 Å². The number of rotatable bonds is 4. The van der Waals surface area contributed by atoms with E-state index in [0.717, 1.165) is 31.4 Å². The van der Waals surface area contributed by atoms with Crippen LogP contribution in [0.1, 0.15) is 31.4 Å². The first-order valence-corrected chi connectivity index (χ1v) is 5.11. The van der Waals surface area contributed by atoms with Gasteiger partial charge in [0.05, 0.1) is 11.3 Å². The minimum atomic E-state index is -0.482. The lowest BCUT2D eigenvalue weighted by atomic mass is 10.0. The number of nitrogens with one attached hydrogen (secondary N) is 1. The molecular weight excluding hydrogens is 180 g/mol. The Hall–Kier alpha value is -0.870. The second-order valence-corrected chi connectivity index (χ2v) is 4.03. The lowest BCUT2D eigenvalue weighted by Gasteiger charge is -2.21. The lowest BCUT2D eigenvalue weighted by Crippen LogP contribution is -2.37. The van der Waals surface area contributed by atoms with Crippen molar-refractivity contribution < 1.29 is 9.63 Å². The second-order valence-electron chi connectivity index (χ2n) is 4.03. The molecule has 0 aromatic carbocycles.